The van der Waals surface area contributed by atoms with Gasteiger partial charge >= 0.3 is 0 Å². The summed E-state index contributed by atoms with van der Waals surface area (Å²) < 4.78 is 34.6. The number of carbonyl (C=O) groups excluding carboxylic acids is 2. The number of carbonyl (C=O) groups is 2. The van der Waals surface area contributed by atoms with Crippen molar-refractivity contribution in [1.29, 1.82) is 0 Å². The largest absolute Gasteiger partial charge is 0.492 e. The molecule has 0 fully saturated rings. The second-order valence-electron chi connectivity index (χ2n) is 8.91. The van der Waals surface area contributed by atoms with Gasteiger partial charge in [0.15, 0.2) is 0 Å². The van der Waals surface area contributed by atoms with E-state index in [9.17, 15) is 18.0 Å². The molecule has 0 radical (unpaired) electrons. The van der Waals surface area contributed by atoms with Crippen molar-refractivity contribution in [3.05, 3.63) is 88.4 Å². The van der Waals surface area contributed by atoms with Crippen LogP contribution in [0.4, 0.5) is 5.69 Å². The van der Waals surface area contributed by atoms with Crippen molar-refractivity contribution in [1.82, 2.24) is 10.2 Å². The SMILES string of the molecule is CCCNC(=O)[C@@H](C)N(Cc1c(Cl)cccc1Cl)C(=O)CN(c1ccccc1OCC)S(=O)(=O)c1ccccc1. The van der Waals surface area contributed by atoms with Crippen LogP contribution in [-0.2, 0) is 26.2 Å². The molecule has 8 nitrogen and oxygen atoms in total. The standard InChI is InChI=1S/C29H33Cl2N3O5S/c1-4-18-32-29(36)21(3)33(19-23-24(30)14-11-15-25(23)31)28(35)20-34(26-16-9-10-17-27(26)39-5-2)40(37,38)22-12-7-6-8-13-22/h6-17,21H,4-5,18-20H2,1-3H3,(H,32,36)/t21-/m1/s1. The van der Waals surface area contributed by atoms with Gasteiger partial charge in [0, 0.05) is 28.7 Å². The molecule has 214 valence electrons. The molecule has 0 heterocycles. The fourth-order valence-corrected chi connectivity index (χ4v) is 5.97. The number of halogens is 2. The van der Waals surface area contributed by atoms with Crippen molar-refractivity contribution in [2.75, 3.05) is 24.0 Å². The number of para-hydroxylation sites is 2. The van der Waals surface area contributed by atoms with E-state index in [0.29, 0.717) is 34.3 Å². The molecule has 0 aliphatic rings. The third-order valence-electron chi connectivity index (χ3n) is 6.15. The predicted octanol–water partition coefficient (Wildman–Crippen LogP) is 5.53. The van der Waals surface area contributed by atoms with Gasteiger partial charge in [-0.1, -0.05) is 66.5 Å². The summed E-state index contributed by atoms with van der Waals surface area (Å²) in [7, 11) is -4.22. The van der Waals surface area contributed by atoms with Crippen LogP contribution in [0, 0.1) is 0 Å². The maximum Gasteiger partial charge on any atom is 0.264 e. The van der Waals surface area contributed by atoms with Gasteiger partial charge < -0.3 is 15.0 Å². The molecule has 3 aromatic rings. The van der Waals surface area contributed by atoms with Gasteiger partial charge in [0.2, 0.25) is 11.8 Å². The summed E-state index contributed by atoms with van der Waals surface area (Å²) in [4.78, 5) is 28.3. The monoisotopic (exact) mass is 605 g/mol. The lowest BCUT2D eigenvalue weighted by Gasteiger charge is -2.32. The van der Waals surface area contributed by atoms with Gasteiger partial charge in [-0.3, -0.25) is 13.9 Å². The van der Waals surface area contributed by atoms with Gasteiger partial charge in [0.05, 0.1) is 17.2 Å². The number of nitrogens with one attached hydrogen (secondary N) is 1. The molecule has 11 heteroatoms. The summed E-state index contributed by atoms with van der Waals surface area (Å²) >= 11 is 12.8. The minimum absolute atomic E-state index is 0.00328. The Morgan fingerprint density at radius 2 is 1.55 bits per heavy atom. The molecule has 0 aromatic heterocycles. The van der Waals surface area contributed by atoms with E-state index in [1.807, 2.05) is 6.92 Å². The van der Waals surface area contributed by atoms with E-state index < -0.39 is 28.5 Å². The number of hydrogen-bond donors (Lipinski definition) is 1. The number of ether oxygens (including phenoxy) is 1. The van der Waals surface area contributed by atoms with Crippen LogP contribution in [0.1, 0.15) is 32.8 Å². The average Bonchev–Trinajstić information content (AvgIpc) is 2.95. The third kappa shape index (κ3) is 7.47. The van der Waals surface area contributed by atoms with E-state index in [1.54, 1.807) is 74.5 Å². The minimum atomic E-state index is -4.22. The van der Waals surface area contributed by atoms with Gasteiger partial charge in [-0.2, -0.15) is 0 Å². The van der Waals surface area contributed by atoms with Crippen molar-refractivity contribution in [2.24, 2.45) is 0 Å². The zero-order valence-electron chi connectivity index (χ0n) is 22.6. The zero-order chi connectivity index (χ0) is 29.3. The molecule has 0 saturated carbocycles. The van der Waals surface area contributed by atoms with Crippen LogP contribution < -0.4 is 14.4 Å². The Bertz CT molecular complexity index is 1400. The summed E-state index contributed by atoms with van der Waals surface area (Å²) in [6.45, 7) is 5.28. The number of sulfonamides is 1. The molecule has 2 amide bonds. The average molecular weight is 607 g/mol. The Balaban J connectivity index is 2.09. The second kappa shape index (κ2) is 14.4. The molecular formula is C29H33Cl2N3O5S. The van der Waals surface area contributed by atoms with E-state index in [0.717, 1.165) is 4.31 Å². The number of benzene rings is 3. The number of nitrogens with zero attached hydrogens (tertiary/aromatic N) is 2. The first-order valence-electron chi connectivity index (χ1n) is 12.9. The second-order valence-corrected chi connectivity index (χ2v) is 11.6. The predicted molar refractivity (Wildman–Crippen MR) is 158 cm³/mol. The van der Waals surface area contributed by atoms with E-state index in [4.69, 9.17) is 27.9 Å². The highest BCUT2D eigenvalue weighted by atomic mass is 35.5. The van der Waals surface area contributed by atoms with Crippen LogP contribution in [0.15, 0.2) is 77.7 Å². The molecule has 3 rings (SSSR count). The number of anilines is 1. The Morgan fingerprint density at radius 1 is 0.925 bits per heavy atom. The van der Waals surface area contributed by atoms with Gasteiger partial charge in [0.1, 0.15) is 18.3 Å². The summed E-state index contributed by atoms with van der Waals surface area (Å²) in [5, 5.41) is 3.44. The molecule has 1 atom stereocenters. The van der Waals surface area contributed by atoms with Crippen molar-refractivity contribution >= 4 is 50.7 Å². The topological polar surface area (TPSA) is 96.0 Å². The van der Waals surface area contributed by atoms with Gasteiger partial charge in [-0.25, -0.2) is 8.42 Å². The van der Waals surface area contributed by atoms with E-state index in [1.165, 1.54) is 17.0 Å². The van der Waals surface area contributed by atoms with E-state index >= 15 is 0 Å². The Labute approximate surface area is 245 Å². The molecular weight excluding hydrogens is 573 g/mol. The molecule has 0 aliphatic heterocycles. The smallest absolute Gasteiger partial charge is 0.264 e. The Hall–Kier alpha value is -3.27. The fraction of sp³-hybridized carbons (Fsp3) is 0.310. The van der Waals surface area contributed by atoms with Gasteiger partial charge in [-0.05, 0) is 56.7 Å². The summed E-state index contributed by atoms with van der Waals surface area (Å²) in [5.74, 6) is -0.710. The maximum absolute atomic E-state index is 14.0. The molecule has 0 unspecified atom stereocenters. The van der Waals surface area contributed by atoms with E-state index in [-0.39, 0.29) is 29.6 Å². The molecule has 0 bridgehead atoms. The van der Waals surface area contributed by atoms with Gasteiger partial charge in [0.25, 0.3) is 10.0 Å². The van der Waals surface area contributed by atoms with Crippen molar-refractivity contribution in [2.45, 2.75) is 44.7 Å². The van der Waals surface area contributed by atoms with Gasteiger partial charge in [-0.15, -0.1) is 0 Å². The lowest BCUT2D eigenvalue weighted by atomic mass is 10.1. The highest BCUT2D eigenvalue weighted by Gasteiger charge is 2.34. The summed E-state index contributed by atoms with van der Waals surface area (Å²) in [5.41, 5.74) is 0.641. The third-order valence-corrected chi connectivity index (χ3v) is 8.63. The molecule has 0 spiro atoms. The van der Waals surface area contributed by atoms with Crippen LogP contribution >= 0.6 is 23.2 Å². The van der Waals surface area contributed by atoms with Crippen LogP contribution in [0.3, 0.4) is 0 Å². The lowest BCUT2D eigenvalue weighted by Crippen LogP contribution is -2.51. The number of amides is 2. The lowest BCUT2D eigenvalue weighted by molar-refractivity contribution is -0.139. The van der Waals surface area contributed by atoms with Crippen LogP contribution in [-0.4, -0.2) is 50.9 Å². The number of rotatable bonds is 13. The van der Waals surface area contributed by atoms with Crippen LogP contribution in [0.25, 0.3) is 0 Å². The first-order chi connectivity index (χ1) is 19.1. The molecule has 3 aromatic carbocycles. The number of hydrogen-bond acceptors (Lipinski definition) is 5. The van der Waals surface area contributed by atoms with E-state index in [2.05, 4.69) is 5.32 Å². The van der Waals surface area contributed by atoms with Crippen molar-refractivity contribution in [3.8, 4) is 5.75 Å². The maximum atomic E-state index is 14.0. The summed E-state index contributed by atoms with van der Waals surface area (Å²) in [6.07, 6.45) is 0.708. The van der Waals surface area contributed by atoms with Crippen molar-refractivity contribution < 1.29 is 22.7 Å². The first-order valence-corrected chi connectivity index (χ1v) is 15.1. The Kier molecular flexibility index (Phi) is 11.2. The van der Waals surface area contributed by atoms with Crippen LogP contribution in [0.2, 0.25) is 10.0 Å². The fourth-order valence-electron chi connectivity index (χ4n) is 4.01. The Morgan fingerprint density at radius 3 is 2.17 bits per heavy atom. The minimum Gasteiger partial charge on any atom is -0.492 e. The highest BCUT2D eigenvalue weighted by molar-refractivity contribution is 7.92. The summed E-state index contributed by atoms with van der Waals surface area (Å²) in [6, 6.07) is 18.4. The molecule has 1 N–H and O–H groups in total. The zero-order valence-corrected chi connectivity index (χ0v) is 25.0. The molecule has 0 saturated heterocycles. The van der Waals surface area contributed by atoms with Crippen LogP contribution in [0.5, 0.6) is 5.75 Å². The molecule has 40 heavy (non-hydrogen) atoms. The molecule has 0 aliphatic carbocycles. The highest BCUT2D eigenvalue weighted by Crippen LogP contribution is 2.33. The van der Waals surface area contributed by atoms with Crippen molar-refractivity contribution in [3.63, 3.8) is 0 Å². The first kappa shape index (κ1) is 31.3. The normalized spacial score (nSPS) is 11.9. The quantitative estimate of drug-likeness (QED) is 0.276.